The van der Waals surface area contributed by atoms with Crippen LogP contribution in [-0.2, 0) is 20.8 Å². The highest BCUT2D eigenvalue weighted by atomic mass is 19.1. The maximum absolute atomic E-state index is 14.2. The Balaban J connectivity index is 1.81. The second kappa shape index (κ2) is 13.9. The SMILES string of the molecule is CCOC(=O)c1ccc(N(CC(OC)OC)C(=O)c2cc3cc(F)cc([N+](=O)[O-])c3[nH]2)c(CN(C)C2CCCCC2)c1. The van der Waals surface area contributed by atoms with Crippen LogP contribution in [0.4, 0.5) is 15.8 Å². The van der Waals surface area contributed by atoms with E-state index in [0.29, 0.717) is 29.4 Å². The van der Waals surface area contributed by atoms with E-state index < -0.39 is 34.6 Å². The molecule has 11 nitrogen and oxygen atoms in total. The summed E-state index contributed by atoms with van der Waals surface area (Å²) in [5, 5.41) is 11.8. The molecule has 1 aliphatic carbocycles. The molecule has 0 spiro atoms. The zero-order valence-electron chi connectivity index (χ0n) is 24.4. The van der Waals surface area contributed by atoms with Crippen LogP contribution in [0, 0.1) is 15.9 Å². The van der Waals surface area contributed by atoms with E-state index in [4.69, 9.17) is 14.2 Å². The summed E-state index contributed by atoms with van der Waals surface area (Å²) in [6.45, 7) is 2.37. The summed E-state index contributed by atoms with van der Waals surface area (Å²) in [5.74, 6) is -1.80. The molecule has 0 atom stereocenters. The van der Waals surface area contributed by atoms with E-state index in [9.17, 15) is 24.1 Å². The molecule has 1 saturated carbocycles. The number of anilines is 1. The molecule has 1 aromatic heterocycles. The van der Waals surface area contributed by atoms with Crippen LogP contribution in [-0.4, -0.2) is 73.4 Å². The summed E-state index contributed by atoms with van der Waals surface area (Å²) in [7, 11) is 4.93. The number of non-ortho nitro benzene ring substituents is 1. The highest BCUT2D eigenvalue weighted by Gasteiger charge is 2.29. The predicted molar refractivity (Wildman–Crippen MR) is 155 cm³/mol. The molecule has 2 aromatic carbocycles. The standard InChI is InChI=1S/C30H37FN4O7/c1-5-42-30(37)19-11-12-25(21(13-19)17-33(2)23-9-7-6-8-10-23)34(18-27(40-3)41-4)29(36)24-15-20-14-22(31)16-26(35(38)39)28(20)32-24/h11-16,23,27,32H,5-10,17-18H2,1-4H3. The van der Waals surface area contributed by atoms with E-state index in [1.165, 1.54) is 31.6 Å². The van der Waals surface area contributed by atoms with Crippen LogP contribution in [0.5, 0.6) is 0 Å². The minimum Gasteiger partial charge on any atom is -0.462 e. The quantitative estimate of drug-likeness (QED) is 0.129. The number of nitro groups is 1. The summed E-state index contributed by atoms with van der Waals surface area (Å²) in [6.07, 6.45) is 4.81. The van der Waals surface area contributed by atoms with E-state index in [1.807, 2.05) is 7.05 Å². The van der Waals surface area contributed by atoms with E-state index in [0.717, 1.165) is 37.8 Å². The van der Waals surface area contributed by atoms with Crippen LogP contribution in [0.1, 0.15) is 65.4 Å². The van der Waals surface area contributed by atoms with Crippen LogP contribution in [0.25, 0.3) is 10.9 Å². The van der Waals surface area contributed by atoms with Gasteiger partial charge in [-0.05, 0) is 62.7 Å². The number of rotatable bonds is 12. The van der Waals surface area contributed by atoms with Gasteiger partial charge < -0.3 is 24.1 Å². The third-order valence-electron chi connectivity index (χ3n) is 7.70. The average molecular weight is 585 g/mol. The van der Waals surface area contributed by atoms with Crippen LogP contribution >= 0.6 is 0 Å². The van der Waals surface area contributed by atoms with Crippen LogP contribution < -0.4 is 4.90 Å². The highest BCUT2D eigenvalue weighted by molar-refractivity contribution is 6.09. The van der Waals surface area contributed by atoms with Gasteiger partial charge >= 0.3 is 5.97 Å². The van der Waals surface area contributed by atoms with Crippen LogP contribution in [0.3, 0.4) is 0 Å². The van der Waals surface area contributed by atoms with Gasteiger partial charge in [0.1, 0.15) is 17.0 Å². The molecule has 226 valence electrons. The minimum atomic E-state index is -0.807. The van der Waals surface area contributed by atoms with Gasteiger partial charge in [0.2, 0.25) is 0 Å². The van der Waals surface area contributed by atoms with Gasteiger partial charge in [0, 0.05) is 37.9 Å². The molecular weight excluding hydrogens is 547 g/mol. The van der Waals surface area contributed by atoms with Gasteiger partial charge in [-0.2, -0.15) is 0 Å². The first-order chi connectivity index (χ1) is 20.2. The molecular formula is C30H37FN4O7. The first kappa shape index (κ1) is 31.1. The number of fused-ring (bicyclic) bond motifs is 1. The first-order valence-electron chi connectivity index (χ1n) is 14.0. The highest BCUT2D eigenvalue weighted by Crippen LogP contribution is 2.31. The molecule has 0 saturated heterocycles. The molecule has 1 N–H and O–H groups in total. The average Bonchev–Trinajstić information content (AvgIpc) is 3.41. The fourth-order valence-electron chi connectivity index (χ4n) is 5.52. The Labute approximate surface area is 243 Å². The Kier molecular flexibility index (Phi) is 10.3. The third-order valence-corrected chi connectivity index (χ3v) is 7.70. The van der Waals surface area contributed by atoms with Crippen molar-refractivity contribution in [1.29, 1.82) is 0 Å². The van der Waals surface area contributed by atoms with Gasteiger partial charge in [-0.3, -0.25) is 19.8 Å². The maximum atomic E-state index is 14.2. The van der Waals surface area contributed by atoms with E-state index in [1.54, 1.807) is 25.1 Å². The molecule has 0 aliphatic heterocycles. The normalized spacial score (nSPS) is 14.1. The lowest BCUT2D eigenvalue weighted by atomic mass is 9.94. The number of nitrogens with one attached hydrogen (secondary N) is 1. The summed E-state index contributed by atoms with van der Waals surface area (Å²) in [5.41, 5.74) is 1.15. The van der Waals surface area contributed by atoms with Gasteiger partial charge in [0.05, 0.1) is 29.7 Å². The lowest BCUT2D eigenvalue weighted by Crippen LogP contribution is -2.40. The van der Waals surface area contributed by atoms with Crippen molar-refractivity contribution in [3.8, 4) is 0 Å². The lowest BCUT2D eigenvalue weighted by molar-refractivity contribution is -0.383. The number of aromatic amines is 1. The van der Waals surface area contributed by atoms with Crippen molar-refractivity contribution in [2.45, 2.75) is 57.9 Å². The number of benzene rings is 2. The molecule has 3 aromatic rings. The summed E-state index contributed by atoms with van der Waals surface area (Å²) < 4.78 is 30.2. The largest absolute Gasteiger partial charge is 0.462 e. The number of nitro benzene ring substituents is 1. The van der Waals surface area contributed by atoms with E-state index in [-0.39, 0.29) is 29.7 Å². The molecule has 1 fully saturated rings. The third kappa shape index (κ3) is 6.94. The van der Waals surface area contributed by atoms with Gasteiger partial charge in [-0.15, -0.1) is 0 Å². The van der Waals surface area contributed by atoms with Crippen molar-refractivity contribution >= 4 is 34.2 Å². The number of aromatic nitrogens is 1. The Morgan fingerprint density at radius 1 is 1.12 bits per heavy atom. The Hall–Kier alpha value is -3.87. The molecule has 0 radical (unpaired) electrons. The van der Waals surface area contributed by atoms with Crippen molar-refractivity contribution in [3.05, 3.63) is 69.2 Å². The fourth-order valence-corrected chi connectivity index (χ4v) is 5.52. The number of halogens is 1. The summed E-state index contributed by atoms with van der Waals surface area (Å²) >= 11 is 0. The smallest absolute Gasteiger partial charge is 0.338 e. The number of nitrogens with zero attached hydrogens (tertiary/aromatic N) is 3. The van der Waals surface area contributed by atoms with Crippen molar-refractivity contribution in [2.24, 2.45) is 0 Å². The Morgan fingerprint density at radius 2 is 1.83 bits per heavy atom. The second-order valence-corrected chi connectivity index (χ2v) is 10.4. The molecule has 0 unspecified atom stereocenters. The number of amides is 1. The number of H-pyrrole nitrogens is 1. The molecule has 1 aliphatic rings. The number of ether oxygens (including phenoxy) is 3. The fraction of sp³-hybridized carbons (Fsp3) is 0.467. The molecule has 1 amide bonds. The topological polar surface area (TPSA) is 127 Å². The van der Waals surface area contributed by atoms with Gasteiger partial charge in [-0.25, -0.2) is 9.18 Å². The molecule has 1 heterocycles. The lowest BCUT2D eigenvalue weighted by Gasteiger charge is -2.33. The van der Waals surface area contributed by atoms with Crippen molar-refractivity contribution in [3.63, 3.8) is 0 Å². The number of hydrogen-bond donors (Lipinski definition) is 1. The van der Waals surface area contributed by atoms with Crippen LogP contribution in [0.15, 0.2) is 36.4 Å². The molecule has 42 heavy (non-hydrogen) atoms. The summed E-state index contributed by atoms with van der Waals surface area (Å²) in [4.78, 5) is 44.2. The van der Waals surface area contributed by atoms with Gasteiger partial charge in [0.15, 0.2) is 6.29 Å². The minimum absolute atomic E-state index is 0.0192. The number of esters is 1. The molecule has 4 rings (SSSR count). The summed E-state index contributed by atoms with van der Waals surface area (Å²) in [6, 6.07) is 8.69. The van der Waals surface area contributed by atoms with Gasteiger partial charge in [0.25, 0.3) is 11.6 Å². The van der Waals surface area contributed by atoms with E-state index >= 15 is 0 Å². The number of methoxy groups -OCH3 is 2. The second-order valence-electron chi connectivity index (χ2n) is 10.4. The Morgan fingerprint density at radius 3 is 2.48 bits per heavy atom. The first-order valence-corrected chi connectivity index (χ1v) is 14.0. The zero-order chi connectivity index (χ0) is 30.4. The number of carbonyl (C=O) groups excluding carboxylic acids is 2. The monoisotopic (exact) mass is 584 g/mol. The van der Waals surface area contributed by atoms with Gasteiger partial charge in [-0.1, -0.05) is 19.3 Å². The van der Waals surface area contributed by atoms with Crippen molar-refractivity contribution in [1.82, 2.24) is 9.88 Å². The predicted octanol–water partition coefficient (Wildman–Crippen LogP) is 5.42. The molecule has 12 heteroatoms. The maximum Gasteiger partial charge on any atom is 0.338 e. The van der Waals surface area contributed by atoms with E-state index in [2.05, 4.69) is 9.88 Å². The van der Waals surface area contributed by atoms with Crippen molar-refractivity contribution in [2.75, 3.05) is 39.3 Å². The Bertz CT molecular complexity index is 1430. The van der Waals surface area contributed by atoms with Crippen molar-refractivity contribution < 1.29 is 33.1 Å². The van der Waals surface area contributed by atoms with Crippen LogP contribution in [0.2, 0.25) is 0 Å². The zero-order valence-corrected chi connectivity index (χ0v) is 24.4. The number of hydrogen-bond acceptors (Lipinski definition) is 8. The molecule has 0 bridgehead atoms. The number of carbonyl (C=O) groups is 2.